The smallest absolute Gasteiger partial charge is 0.0465 e. The summed E-state index contributed by atoms with van der Waals surface area (Å²) in [6.07, 6.45) is 2.51. The molecule has 0 aliphatic rings. The number of rotatable bonds is 7. The second-order valence-electron chi connectivity index (χ2n) is 3.51. The van der Waals surface area contributed by atoms with Crippen LogP contribution >= 0.6 is 0 Å². The lowest BCUT2D eigenvalue weighted by Crippen LogP contribution is -1.95. The highest BCUT2D eigenvalue weighted by molar-refractivity contribution is 4.43. The normalized spacial score (nSPS) is 9.86. The van der Waals surface area contributed by atoms with Crippen molar-refractivity contribution < 1.29 is 9.47 Å². The van der Waals surface area contributed by atoms with E-state index in [2.05, 4.69) is 13.8 Å². The Labute approximate surface area is 90.0 Å². The van der Waals surface area contributed by atoms with Crippen LogP contribution in [0.2, 0.25) is 0 Å². The Morgan fingerprint density at radius 2 is 1.36 bits per heavy atom. The molecular formula is C12H28O2. The molecule has 0 rings (SSSR count). The van der Waals surface area contributed by atoms with Crippen LogP contribution in [0.1, 0.15) is 47.5 Å². The minimum absolute atomic E-state index is 0.824. The van der Waals surface area contributed by atoms with Crippen LogP contribution in [0.25, 0.3) is 0 Å². The van der Waals surface area contributed by atoms with Crippen LogP contribution in [0.15, 0.2) is 0 Å². The van der Waals surface area contributed by atoms with E-state index in [-0.39, 0.29) is 0 Å². The average molecular weight is 204 g/mol. The first-order valence-corrected chi connectivity index (χ1v) is 5.84. The van der Waals surface area contributed by atoms with Crippen LogP contribution in [-0.4, -0.2) is 26.4 Å². The minimum Gasteiger partial charge on any atom is -0.382 e. The lowest BCUT2D eigenvalue weighted by molar-refractivity contribution is 0.140. The SMILES string of the molecule is CCOCC.CCOCCCC(C)C. The van der Waals surface area contributed by atoms with Crippen molar-refractivity contribution in [3.8, 4) is 0 Å². The zero-order chi connectivity index (χ0) is 11.2. The van der Waals surface area contributed by atoms with Gasteiger partial charge < -0.3 is 9.47 Å². The van der Waals surface area contributed by atoms with E-state index < -0.39 is 0 Å². The summed E-state index contributed by atoms with van der Waals surface area (Å²) in [4.78, 5) is 0. The number of hydrogen-bond donors (Lipinski definition) is 0. The van der Waals surface area contributed by atoms with Gasteiger partial charge in [-0.3, -0.25) is 0 Å². The molecule has 0 spiro atoms. The fourth-order valence-corrected chi connectivity index (χ4v) is 0.942. The predicted molar refractivity (Wildman–Crippen MR) is 62.7 cm³/mol. The van der Waals surface area contributed by atoms with Gasteiger partial charge in [-0.2, -0.15) is 0 Å². The van der Waals surface area contributed by atoms with Gasteiger partial charge in [0.25, 0.3) is 0 Å². The Bertz CT molecular complexity index is 80.4. The molecule has 0 aliphatic carbocycles. The van der Waals surface area contributed by atoms with Gasteiger partial charge in [-0.15, -0.1) is 0 Å². The molecule has 0 aromatic carbocycles. The molecule has 0 unspecified atom stereocenters. The quantitative estimate of drug-likeness (QED) is 0.591. The van der Waals surface area contributed by atoms with E-state index in [4.69, 9.17) is 9.47 Å². The first kappa shape index (κ1) is 16.4. The van der Waals surface area contributed by atoms with Crippen molar-refractivity contribution in [1.82, 2.24) is 0 Å². The van der Waals surface area contributed by atoms with Crippen LogP contribution in [0.5, 0.6) is 0 Å². The van der Waals surface area contributed by atoms with E-state index in [0.717, 1.165) is 32.3 Å². The lowest BCUT2D eigenvalue weighted by Gasteiger charge is -2.02. The Hall–Kier alpha value is -0.0800. The second kappa shape index (κ2) is 15.4. The molecule has 0 N–H and O–H groups in total. The van der Waals surface area contributed by atoms with Crippen LogP contribution < -0.4 is 0 Å². The zero-order valence-corrected chi connectivity index (χ0v) is 10.6. The van der Waals surface area contributed by atoms with Gasteiger partial charge in [0.15, 0.2) is 0 Å². The van der Waals surface area contributed by atoms with E-state index in [0.29, 0.717) is 0 Å². The summed E-state index contributed by atoms with van der Waals surface area (Å²) in [7, 11) is 0. The number of ether oxygens (including phenoxy) is 2. The van der Waals surface area contributed by atoms with Crippen molar-refractivity contribution in [1.29, 1.82) is 0 Å². The van der Waals surface area contributed by atoms with Gasteiger partial charge in [0.2, 0.25) is 0 Å². The highest BCUT2D eigenvalue weighted by atomic mass is 16.5. The Morgan fingerprint density at radius 1 is 0.857 bits per heavy atom. The maximum Gasteiger partial charge on any atom is 0.0465 e. The maximum absolute atomic E-state index is 5.18. The third kappa shape index (κ3) is 22.7. The summed E-state index contributed by atoms with van der Waals surface area (Å²) >= 11 is 0. The summed E-state index contributed by atoms with van der Waals surface area (Å²) in [5.41, 5.74) is 0. The summed E-state index contributed by atoms with van der Waals surface area (Å²) < 4.78 is 10.0. The summed E-state index contributed by atoms with van der Waals surface area (Å²) in [6.45, 7) is 14.0. The van der Waals surface area contributed by atoms with Crippen molar-refractivity contribution in [2.24, 2.45) is 5.92 Å². The molecule has 0 radical (unpaired) electrons. The van der Waals surface area contributed by atoms with Gasteiger partial charge >= 0.3 is 0 Å². The third-order valence-corrected chi connectivity index (χ3v) is 1.68. The first-order chi connectivity index (χ1) is 6.68. The summed E-state index contributed by atoms with van der Waals surface area (Å²) in [5.74, 6) is 0.824. The summed E-state index contributed by atoms with van der Waals surface area (Å²) in [5, 5.41) is 0. The van der Waals surface area contributed by atoms with Crippen LogP contribution in [0, 0.1) is 5.92 Å². The topological polar surface area (TPSA) is 18.5 Å². The molecule has 0 aromatic heterocycles. The molecule has 0 fully saturated rings. The van der Waals surface area contributed by atoms with Crippen molar-refractivity contribution in [2.45, 2.75) is 47.5 Å². The molecule has 0 amide bonds. The van der Waals surface area contributed by atoms with Crippen molar-refractivity contribution in [3.05, 3.63) is 0 Å². The molecule has 14 heavy (non-hydrogen) atoms. The molecule has 2 nitrogen and oxygen atoms in total. The van der Waals surface area contributed by atoms with Gasteiger partial charge in [0.1, 0.15) is 0 Å². The molecule has 2 heteroatoms. The van der Waals surface area contributed by atoms with Gasteiger partial charge in [-0.1, -0.05) is 13.8 Å². The fourth-order valence-electron chi connectivity index (χ4n) is 0.942. The standard InChI is InChI=1S/C8H18O.C4H10O/c1-4-9-7-5-6-8(2)3;1-3-5-4-2/h8H,4-7H2,1-3H3;3-4H2,1-2H3. The fraction of sp³-hybridized carbons (Fsp3) is 1.00. The minimum atomic E-state index is 0.824. The van der Waals surface area contributed by atoms with E-state index in [1.807, 2.05) is 20.8 Å². The van der Waals surface area contributed by atoms with Crippen molar-refractivity contribution in [2.75, 3.05) is 26.4 Å². The number of hydrogen-bond acceptors (Lipinski definition) is 2. The molecule has 0 bridgehead atoms. The van der Waals surface area contributed by atoms with Crippen molar-refractivity contribution >= 4 is 0 Å². The molecule has 0 saturated heterocycles. The molecule has 0 atom stereocenters. The highest BCUT2D eigenvalue weighted by Gasteiger charge is 1.91. The van der Waals surface area contributed by atoms with Gasteiger partial charge in [-0.05, 0) is 39.5 Å². The van der Waals surface area contributed by atoms with E-state index in [1.54, 1.807) is 0 Å². The van der Waals surface area contributed by atoms with Crippen LogP contribution in [-0.2, 0) is 9.47 Å². The van der Waals surface area contributed by atoms with Gasteiger partial charge in [-0.25, -0.2) is 0 Å². The Kier molecular flexibility index (Phi) is 18.0. The maximum atomic E-state index is 5.18. The van der Waals surface area contributed by atoms with E-state index in [9.17, 15) is 0 Å². The van der Waals surface area contributed by atoms with E-state index in [1.165, 1.54) is 12.8 Å². The molecule has 0 heterocycles. The van der Waals surface area contributed by atoms with Gasteiger partial charge in [0.05, 0.1) is 0 Å². The van der Waals surface area contributed by atoms with Crippen molar-refractivity contribution in [3.63, 3.8) is 0 Å². The van der Waals surface area contributed by atoms with Gasteiger partial charge in [0, 0.05) is 26.4 Å². The largest absolute Gasteiger partial charge is 0.382 e. The van der Waals surface area contributed by atoms with Crippen LogP contribution in [0.3, 0.4) is 0 Å². The first-order valence-electron chi connectivity index (χ1n) is 5.84. The highest BCUT2D eigenvalue weighted by Crippen LogP contribution is 2.02. The molecular weight excluding hydrogens is 176 g/mol. The molecule has 0 aromatic rings. The Balaban J connectivity index is 0. The van der Waals surface area contributed by atoms with E-state index >= 15 is 0 Å². The predicted octanol–water partition coefficient (Wildman–Crippen LogP) is 3.50. The molecule has 0 aliphatic heterocycles. The average Bonchev–Trinajstić information content (AvgIpc) is 2.15. The third-order valence-electron chi connectivity index (χ3n) is 1.68. The zero-order valence-electron chi connectivity index (χ0n) is 10.6. The summed E-state index contributed by atoms with van der Waals surface area (Å²) in [6, 6.07) is 0. The lowest BCUT2D eigenvalue weighted by atomic mass is 10.1. The molecule has 88 valence electrons. The molecule has 0 saturated carbocycles. The second-order valence-corrected chi connectivity index (χ2v) is 3.51. The monoisotopic (exact) mass is 204 g/mol. The Morgan fingerprint density at radius 3 is 1.64 bits per heavy atom. The van der Waals surface area contributed by atoms with Crippen LogP contribution in [0.4, 0.5) is 0 Å².